The summed E-state index contributed by atoms with van der Waals surface area (Å²) in [5, 5.41) is 3.52. The van der Waals surface area contributed by atoms with Crippen molar-refractivity contribution >= 4 is 5.69 Å². The molecular formula is C17H17F2N3. The Morgan fingerprint density at radius 2 is 1.82 bits per heavy atom. The first kappa shape index (κ1) is 13.6. The maximum Gasteiger partial charge on any atom is 0.126 e. The maximum atomic E-state index is 13.4. The molecule has 3 nitrogen and oxygen atoms in total. The summed E-state index contributed by atoms with van der Waals surface area (Å²) >= 11 is 0. The van der Waals surface area contributed by atoms with Crippen LogP contribution in [0.5, 0.6) is 0 Å². The van der Waals surface area contributed by atoms with Crippen molar-refractivity contribution in [1.82, 2.24) is 10.3 Å². The van der Waals surface area contributed by atoms with Gasteiger partial charge in [0.1, 0.15) is 11.6 Å². The minimum atomic E-state index is -0.569. The number of anilines is 1. The van der Waals surface area contributed by atoms with E-state index < -0.39 is 11.6 Å². The number of nitrogens with zero attached hydrogens (tertiary/aromatic N) is 2. The SMILES string of the molecule is Fc1cc(F)cc(-c2cncc(N3CC4CNC(C4)C3)c2)c1. The van der Waals surface area contributed by atoms with Crippen molar-refractivity contribution in [3.63, 3.8) is 0 Å². The Bertz CT molecular complexity index is 672. The second-order valence-electron chi connectivity index (χ2n) is 6.20. The van der Waals surface area contributed by atoms with Gasteiger partial charge in [-0.1, -0.05) is 0 Å². The number of fused-ring (bicyclic) bond motifs is 2. The number of hydrogen-bond donors (Lipinski definition) is 1. The Morgan fingerprint density at radius 1 is 1.00 bits per heavy atom. The molecule has 3 heterocycles. The fourth-order valence-corrected chi connectivity index (χ4v) is 3.52. The van der Waals surface area contributed by atoms with E-state index in [1.54, 1.807) is 6.20 Å². The van der Waals surface area contributed by atoms with E-state index in [1.807, 2.05) is 12.3 Å². The van der Waals surface area contributed by atoms with Crippen molar-refractivity contribution in [2.24, 2.45) is 5.92 Å². The van der Waals surface area contributed by atoms with Gasteiger partial charge in [-0.25, -0.2) is 8.78 Å². The van der Waals surface area contributed by atoms with Crippen LogP contribution in [0.25, 0.3) is 11.1 Å². The van der Waals surface area contributed by atoms with E-state index >= 15 is 0 Å². The molecule has 0 amide bonds. The van der Waals surface area contributed by atoms with Gasteiger partial charge in [0.15, 0.2) is 0 Å². The molecule has 2 fully saturated rings. The summed E-state index contributed by atoms with van der Waals surface area (Å²) in [5.74, 6) is -0.463. The number of pyridine rings is 1. The van der Waals surface area contributed by atoms with Crippen molar-refractivity contribution in [2.75, 3.05) is 24.5 Å². The van der Waals surface area contributed by atoms with Gasteiger partial charge in [0.25, 0.3) is 0 Å². The summed E-state index contributed by atoms with van der Waals surface area (Å²) in [6, 6.07) is 6.06. The predicted octanol–water partition coefficient (Wildman–Crippen LogP) is 2.82. The third-order valence-electron chi connectivity index (χ3n) is 4.52. The number of halogens is 2. The molecule has 2 aliphatic rings. The average Bonchev–Trinajstić information content (AvgIpc) is 2.85. The molecule has 2 aromatic rings. The zero-order valence-corrected chi connectivity index (χ0v) is 12.1. The van der Waals surface area contributed by atoms with E-state index in [0.717, 1.165) is 37.0 Å². The Labute approximate surface area is 128 Å². The van der Waals surface area contributed by atoms with Crippen LogP contribution in [0, 0.1) is 17.6 Å². The fraction of sp³-hybridized carbons (Fsp3) is 0.353. The number of nitrogens with one attached hydrogen (secondary N) is 1. The first-order valence-electron chi connectivity index (χ1n) is 7.57. The number of rotatable bonds is 2. The lowest BCUT2D eigenvalue weighted by Crippen LogP contribution is -2.41. The minimum Gasteiger partial charge on any atom is -0.368 e. The molecule has 0 spiro atoms. The largest absolute Gasteiger partial charge is 0.368 e. The summed E-state index contributed by atoms with van der Waals surface area (Å²) in [5.41, 5.74) is 2.27. The highest BCUT2D eigenvalue weighted by Crippen LogP contribution is 2.29. The van der Waals surface area contributed by atoms with Crippen LogP contribution < -0.4 is 10.2 Å². The molecule has 0 saturated carbocycles. The minimum absolute atomic E-state index is 0.518. The third kappa shape index (κ3) is 2.57. The van der Waals surface area contributed by atoms with Crippen LogP contribution in [0.4, 0.5) is 14.5 Å². The second-order valence-corrected chi connectivity index (χ2v) is 6.20. The molecule has 22 heavy (non-hydrogen) atoms. The molecule has 2 bridgehead atoms. The van der Waals surface area contributed by atoms with E-state index in [1.165, 1.54) is 18.6 Å². The van der Waals surface area contributed by atoms with Gasteiger partial charge < -0.3 is 10.2 Å². The summed E-state index contributed by atoms with van der Waals surface area (Å²) in [7, 11) is 0. The third-order valence-corrected chi connectivity index (χ3v) is 4.52. The molecule has 4 rings (SSSR count). The quantitative estimate of drug-likeness (QED) is 0.924. The number of piperidine rings is 1. The Hall–Kier alpha value is -2.01. The van der Waals surface area contributed by atoms with Crippen molar-refractivity contribution in [3.05, 3.63) is 48.3 Å². The topological polar surface area (TPSA) is 28.2 Å². The first-order valence-corrected chi connectivity index (χ1v) is 7.57. The normalized spacial score (nSPS) is 23.8. The lowest BCUT2D eigenvalue weighted by Gasteiger charge is -2.32. The molecule has 2 saturated heterocycles. The zero-order chi connectivity index (χ0) is 15.1. The lowest BCUT2D eigenvalue weighted by atomic mass is 9.99. The standard InChI is InChI=1S/C17H17F2N3/c18-14-2-12(3-15(19)5-14)13-4-17(8-20-7-13)22-9-11-1-16(10-22)21-6-11/h2-5,7-8,11,16,21H,1,6,9-10H2. The van der Waals surface area contributed by atoms with E-state index in [9.17, 15) is 8.78 Å². The first-order chi connectivity index (χ1) is 10.7. The smallest absolute Gasteiger partial charge is 0.126 e. The molecule has 1 N–H and O–H groups in total. The molecule has 0 radical (unpaired) electrons. The zero-order valence-electron chi connectivity index (χ0n) is 12.1. The number of aromatic nitrogens is 1. The van der Waals surface area contributed by atoms with Crippen LogP contribution in [-0.4, -0.2) is 30.7 Å². The molecule has 1 aromatic heterocycles. The van der Waals surface area contributed by atoms with Crippen LogP contribution in [0.3, 0.4) is 0 Å². The summed E-state index contributed by atoms with van der Waals surface area (Å²) in [6.07, 6.45) is 4.71. The van der Waals surface area contributed by atoms with Gasteiger partial charge in [0.2, 0.25) is 0 Å². The van der Waals surface area contributed by atoms with Gasteiger partial charge >= 0.3 is 0 Å². The molecule has 1 aromatic carbocycles. The van der Waals surface area contributed by atoms with Gasteiger partial charge in [0, 0.05) is 43.5 Å². The van der Waals surface area contributed by atoms with Crippen molar-refractivity contribution < 1.29 is 8.78 Å². The molecule has 5 heteroatoms. The van der Waals surface area contributed by atoms with Gasteiger partial charge in [-0.2, -0.15) is 0 Å². The van der Waals surface area contributed by atoms with Gasteiger partial charge in [-0.05, 0) is 36.1 Å². The van der Waals surface area contributed by atoms with Gasteiger partial charge in [-0.3, -0.25) is 4.98 Å². The monoisotopic (exact) mass is 301 g/mol. The Kier molecular flexibility index (Phi) is 3.30. The molecule has 2 unspecified atom stereocenters. The molecule has 0 aliphatic carbocycles. The molecule has 114 valence electrons. The summed E-state index contributed by atoms with van der Waals surface area (Å²) < 4.78 is 26.8. The molecule has 2 atom stereocenters. The predicted molar refractivity (Wildman–Crippen MR) is 81.7 cm³/mol. The van der Waals surface area contributed by atoms with Crippen LogP contribution >= 0.6 is 0 Å². The van der Waals surface area contributed by atoms with Gasteiger partial charge in [0.05, 0.1) is 11.9 Å². The Morgan fingerprint density at radius 3 is 2.59 bits per heavy atom. The highest BCUT2D eigenvalue weighted by molar-refractivity contribution is 5.67. The van der Waals surface area contributed by atoms with E-state index in [4.69, 9.17) is 0 Å². The fourth-order valence-electron chi connectivity index (χ4n) is 3.52. The van der Waals surface area contributed by atoms with Crippen LogP contribution in [-0.2, 0) is 0 Å². The van der Waals surface area contributed by atoms with Gasteiger partial charge in [-0.15, -0.1) is 0 Å². The van der Waals surface area contributed by atoms with Crippen LogP contribution in [0.2, 0.25) is 0 Å². The van der Waals surface area contributed by atoms with Crippen LogP contribution in [0.1, 0.15) is 6.42 Å². The number of hydrogen-bond acceptors (Lipinski definition) is 3. The van der Waals surface area contributed by atoms with Crippen LogP contribution in [0.15, 0.2) is 36.7 Å². The summed E-state index contributed by atoms with van der Waals surface area (Å²) in [6.45, 7) is 3.04. The number of benzene rings is 1. The second kappa shape index (κ2) is 5.32. The molecule has 2 aliphatic heterocycles. The maximum absolute atomic E-state index is 13.4. The highest BCUT2D eigenvalue weighted by Gasteiger charge is 2.32. The van der Waals surface area contributed by atoms with Crippen molar-refractivity contribution in [2.45, 2.75) is 12.5 Å². The average molecular weight is 301 g/mol. The van der Waals surface area contributed by atoms with Crippen molar-refractivity contribution in [3.8, 4) is 11.1 Å². The Balaban J connectivity index is 1.65. The van der Waals surface area contributed by atoms with E-state index in [0.29, 0.717) is 17.5 Å². The van der Waals surface area contributed by atoms with Crippen molar-refractivity contribution in [1.29, 1.82) is 0 Å². The summed E-state index contributed by atoms with van der Waals surface area (Å²) in [4.78, 5) is 6.57. The van der Waals surface area contributed by atoms with E-state index in [2.05, 4.69) is 15.2 Å². The highest BCUT2D eigenvalue weighted by atomic mass is 19.1. The molecular weight excluding hydrogens is 284 g/mol. The van der Waals surface area contributed by atoms with E-state index in [-0.39, 0.29) is 0 Å². The lowest BCUT2D eigenvalue weighted by molar-refractivity contribution is 0.474.